The number of hydrogen-bond acceptors (Lipinski definition) is 5. The van der Waals surface area contributed by atoms with Crippen LogP contribution in [0, 0.1) is 11.6 Å². The first-order valence-electron chi connectivity index (χ1n) is 5.87. The molecule has 3 heterocycles. The van der Waals surface area contributed by atoms with Crippen molar-refractivity contribution in [2.24, 2.45) is 0 Å². The second kappa shape index (κ2) is 4.99. The molecule has 0 amide bonds. The molecule has 4 rings (SSSR count). The monoisotopic (exact) mass is 328 g/mol. The van der Waals surface area contributed by atoms with E-state index in [4.69, 9.17) is 31.9 Å². The number of carboxylic acid groups (broad SMARTS) is 1. The first-order chi connectivity index (χ1) is 10.4. The Kier molecular flexibility index (Phi) is 3.25. The molecule has 0 radical (unpaired) electrons. The number of pyridine rings is 1. The Bertz CT molecular complexity index is 813. The molecule has 0 fully saturated rings. The maximum Gasteiger partial charge on any atom is 0.356 e. The van der Waals surface area contributed by atoms with Gasteiger partial charge in [-0.15, -0.1) is 0 Å². The van der Waals surface area contributed by atoms with E-state index in [1.54, 1.807) is 0 Å². The fourth-order valence-electron chi connectivity index (χ4n) is 2.00. The molecule has 22 heavy (non-hydrogen) atoms. The van der Waals surface area contributed by atoms with E-state index in [1.807, 2.05) is 0 Å². The Morgan fingerprint density at radius 1 is 1.32 bits per heavy atom. The molecule has 0 aliphatic carbocycles. The number of benzene rings is 1. The number of nitrogens with two attached hydrogens (primary N) is 1. The van der Waals surface area contributed by atoms with Gasteiger partial charge in [-0.25, -0.2) is 9.78 Å². The van der Waals surface area contributed by atoms with Crippen molar-refractivity contribution >= 4 is 23.3 Å². The van der Waals surface area contributed by atoms with Crippen LogP contribution < -0.4 is 15.2 Å². The van der Waals surface area contributed by atoms with E-state index in [1.165, 1.54) is 6.07 Å². The molecule has 0 atom stereocenters. The number of halogens is 3. The second-order valence-corrected chi connectivity index (χ2v) is 4.73. The van der Waals surface area contributed by atoms with E-state index in [9.17, 15) is 13.6 Å². The highest BCUT2D eigenvalue weighted by Crippen LogP contribution is 2.41. The van der Waals surface area contributed by atoms with Gasteiger partial charge in [-0.2, -0.15) is 8.78 Å². The number of rotatable bonds is 2. The summed E-state index contributed by atoms with van der Waals surface area (Å²) in [5.74, 6) is -4.67. The lowest BCUT2D eigenvalue weighted by molar-refractivity contribution is 0.0691. The molecule has 2 aliphatic rings. The van der Waals surface area contributed by atoms with Crippen molar-refractivity contribution in [2.45, 2.75) is 0 Å². The van der Waals surface area contributed by atoms with Crippen LogP contribution in [0.15, 0.2) is 12.1 Å². The van der Waals surface area contributed by atoms with Gasteiger partial charge < -0.3 is 20.3 Å². The summed E-state index contributed by atoms with van der Waals surface area (Å²) in [5.41, 5.74) is 5.04. The lowest BCUT2D eigenvalue weighted by Gasteiger charge is -2.10. The predicted molar refractivity (Wildman–Crippen MR) is 72.1 cm³/mol. The maximum atomic E-state index is 13.9. The molecule has 114 valence electrons. The molecule has 0 saturated carbocycles. The lowest BCUT2D eigenvalue weighted by Crippen LogP contribution is -2.06. The fourth-order valence-corrected chi connectivity index (χ4v) is 2.18. The third-order valence-corrected chi connectivity index (χ3v) is 3.41. The van der Waals surface area contributed by atoms with Crippen molar-refractivity contribution in [3.63, 3.8) is 0 Å². The number of fused-ring (bicyclic) bond motifs is 4. The van der Waals surface area contributed by atoms with Crippen LogP contribution in [0.2, 0.25) is 5.02 Å². The molecule has 1 aromatic heterocycles. The number of nitrogen functional groups attached to an aromatic ring is 1. The van der Waals surface area contributed by atoms with Crippen molar-refractivity contribution in [1.29, 1.82) is 0 Å². The fraction of sp³-hybridized carbons (Fsp3) is 0.0769. The zero-order chi connectivity index (χ0) is 16.0. The van der Waals surface area contributed by atoms with Gasteiger partial charge in [-0.1, -0.05) is 11.6 Å². The number of hydrogen-bond donors (Lipinski definition) is 2. The van der Waals surface area contributed by atoms with Gasteiger partial charge in [0.25, 0.3) is 0 Å². The molecule has 6 nitrogen and oxygen atoms in total. The number of ether oxygens (including phenoxy) is 2. The zero-order valence-electron chi connectivity index (χ0n) is 10.7. The minimum absolute atomic E-state index is 0.0114. The summed E-state index contributed by atoms with van der Waals surface area (Å²) in [5, 5.41) is 8.82. The third-order valence-electron chi connectivity index (χ3n) is 3.01. The largest absolute Gasteiger partial charge is 0.476 e. The van der Waals surface area contributed by atoms with E-state index in [0.717, 1.165) is 6.07 Å². The van der Waals surface area contributed by atoms with E-state index >= 15 is 0 Å². The van der Waals surface area contributed by atoms with Crippen molar-refractivity contribution in [3.05, 3.63) is 34.5 Å². The first-order valence-corrected chi connectivity index (χ1v) is 6.25. The molecule has 9 heteroatoms. The number of carboxylic acids is 1. The number of aromatic nitrogens is 1. The van der Waals surface area contributed by atoms with Crippen LogP contribution in [0.5, 0.6) is 11.5 Å². The molecule has 0 saturated heterocycles. The summed E-state index contributed by atoms with van der Waals surface area (Å²) < 4.78 is 37.4. The van der Waals surface area contributed by atoms with Gasteiger partial charge in [-0.05, 0) is 12.1 Å². The standard InChI is InChI=1S/C13H7ClF2N2O4/c14-8-5(17)2-6(18-11(8)13(19)20)4-1-7-9(15)10(16)12(4)22-3-21-7/h1-2H,3H2,(H2,17,18)(H,19,20). The number of carbonyl (C=O) groups is 1. The van der Waals surface area contributed by atoms with Crippen molar-refractivity contribution in [1.82, 2.24) is 4.98 Å². The average Bonchev–Trinajstić information content (AvgIpc) is 2.76. The predicted octanol–water partition coefficient (Wildman–Crippen LogP) is 2.69. The first kappa shape index (κ1) is 14.3. The van der Waals surface area contributed by atoms with Crippen LogP contribution in [-0.2, 0) is 0 Å². The van der Waals surface area contributed by atoms with Gasteiger partial charge in [0.15, 0.2) is 17.2 Å². The van der Waals surface area contributed by atoms with Gasteiger partial charge >= 0.3 is 5.97 Å². The van der Waals surface area contributed by atoms with E-state index in [-0.39, 0.29) is 34.5 Å². The van der Waals surface area contributed by atoms with E-state index in [0.29, 0.717) is 0 Å². The average molecular weight is 329 g/mol. The zero-order valence-corrected chi connectivity index (χ0v) is 11.4. The lowest BCUT2D eigenvalue weighted by atomic mass is 10.1. The molecule has 0 unspecified atom stereocenters. The van der Waals surface area contributed by atoms with Gasteiger partial charge in [0.05, 0.1) is 16.4 Å². The summed E-state index contributed by atoms with van der Waals surface area (Å²) in [4.78, 5) is 14.9. The molecule has 3 N–H and O–H groups in total. The highest BCUT2D eigenvalue weighted by Gasteiger charge is 2.27. The third kappa shape index (κ3) is 2.08. The number of aromatic carboxylic acids is 1. The van der Waals surface area contributed by atoms with Gasteiger partial charge in [-0.3, -0.25) is 0 Å². The summed E-state index contributed by atoms with van der Waals surface area (Å²) in [7, 11) is 0. The van der Waals surface area contributed by atoms with Gasteiger partial charge in [0.1, 0.15) is 0 Å². The van der Waals surface area contributed by atoms with E-state index in [2.05, 4.69) is 4.98 Å². The highest BCUT2D eigenvalue weighted by molar-refractivity contribution is 6.35. The van der Waals surface area contributed by atoms with Crippen molar-refractivity contribution in [3.8, 4) is 22.8 Å². The number of anilines is 1. The number of nitrogens with zero attached hydrogens (tertiary/aromatic N) is 1. The molecule has 0 spiro atoms. The maximum absolute atomic E-state index is 13.9. The van der Waals surface area contributed by atoms with Crippen molar-refractivity contribution < 1.29 is 28.2 Å². The topological polar surface area (TPSA) is 94.7 Å². The Hall–Kier alpha value is -2.61. The summed E-state index contributed by atoms with van der Waals surface area (Å²) in [6.45, 7) is -0.389. The summed E-state index contributed by atoms with van der Waals surface area (Å²) in [6, 6.07) is 2.39. The Morgan fingerprint density at radius 2 is 2.05 bits per heavy atom. The van der Waals surface area contributed by atoms with Crippen LogP contribution in [0.1, 0.15) is 10.5 Å². The SMILES string of the molecule is Nc1cc(-c2cc3c(F)c(F)c2OCO3)nc(C(=O)O)c1Cl. The smallest absolute Gasteiger partial charge is 0.356 e. The van der Waals surface area contributed by atoms with Crippen LogP contribution in [0.4, 0.5) is 14.5 Å². The summed E-state index contributed by atoms with van der Waals surface area (Å²) in [6.07, 6.45) is 0. The normalized spacial score (nSPS) is 12.5. The second-order valence-electron chi connectivity index (χ2n) is 4.35. The molecule has 2 bridgehead atoms. The van der Waals surface area contributed by atoms with Crippen LogP contribution in [0.3, 0.4) is 0 Å². The van der Waals surface area contributed by atoms with Gasteiger partial charge in [0.2, 0.25) is 18.4 Å². The molecular formula is C13H7ClF2N2O4. The van der Waals surface area contributed by atoms with Crippen LogP contribution in [0.25, 0.3) is 11.3 Å². The Balaban J connectivity index is 2.28. The quantitative estimate of drug-likeness (QED) is 0.880. The molecule has 2 aromatic rings. The van der Waals surface area contributed by atoms with Crippen molar-refractivity contribution in [2.75, 3.05) is 12.5 Å². The van der Waals surface area contributed by atoms with Crippen LogP contribution >= 0.6 is 11.6 Å². The summed E-state index contributed by atoms with van der Waals surface area (Å²) >= 11 is 5.76. The Morgan fingerprint density at radius 3 is 2.73 bits per heavy atom. The Labute approximate surface area is 127 Å². The molecule has 2 aliphatic heterocycles. The molecular weight excluding hydrogens is 322 g/mol. The molecule has 1 aromatic carbocycles. The minimum atomic E-state index is -1.41. The van der Waals surface area contributed by atoms with Crippen LogP contribution in [-0.4, -0.2) is 22.9 Å². The van der Waals surface area contributed by atoms with E-state index < -0.39 is 29.0 Å². The van der Waals surface area contributed by atoms with Gasteiger partial charge in [0, 0.05) is 5.56 Å². The minimum Gasteiger partial charge on any atom is -0.476 e. The highest BCUT2D eigenvalue weighted by atomic mass is 35.5.